The third kappa shape index (κ3) is 5.26. The maximum absolute atomic E-state index is 2.59. The summed E-state index contributed by atoms with van der Waals surface area (Å²) < 4.78 is 0. The van der Waals surface area contributed by atoms with Crippen LogP contribution in [0.15, 0.2) is 97.1 Å². The van der Waals surface area contributed by atoms with Crippen LogP contribution in [0.2, 0.25) is 58.9 Å². The van der Waals surface area contributed by atoms with Crippen molar-refractivity contribution in [2.24, 2.45) is 0 Å². The topological polar surface area (TPSA) is 0 Å². The van der Waals surface area contributed by atoms with Crippen LogP contribution in [-0.2, 0) is 0 Å². The van der Waals surface area contributed by atoms with Crippen LogP contribution >= 0.6 is 0 Å². The van der Waals surface area contributed by atoms with E-state index in [1.165, 1.54) is 43.8 Å². The number of benzene rings is 4. The molecule has 218 valence electrons. The summed E-state index contributed by atoms with van der Waals surface area (Å²) in [6.07, 6.45) is 10.6. The van der Waals surface area contributed by atoms with E-state index in [2.05, 4.69) is 162 Å². The van der Waals surface area contributed by atoms with Gasteiger partial charge in [0.2, 0.25) is 0 Å². The van der Waals surface area contributed by atoms with Crippen molar-refractivity contribution in [1.29, 1.82) is 0 Å². The van der Waals surface area contributed by atoms with E-state index in [1.807, 2.05) is 0 Å². The van der Waals surface area contributed by atoms with Crippen LogP contribution in [0, 0.1) is 10.4 Å². The zero-order valence-corrected chi connectivity index (χ0v) is 30.5. The van der Waals surface area contributed by atoms with Gasteiger partial charge in [-0.05, 0) is 66.8 Å². The molecular formula is C40H46Si3. The molecule has 0 amide bonds. The SMILES string of the molecule is C[Si](C)(C)c1c([Si](C)(C)C)c2c(c(C3=CC=CC3)c1=C(c1ccccc1)c1ccccc1)C=c1cccc([Si](C)(C)C)c1=2. The van der Waals surface area contributed by atoms with Crippen molar-refractivity contribution in [2.75, 3.05) is 0 Å². The number of rotatable bonds is 6. The normalized spacial score (nSPS) is 14.3. The molecule has 0 saturated heterocycles. The van der Waals surface area contributed by atoms with Gasteiger partial charge in [0.05, 0.1) is 24.2 Å². The molecule has 0 heterocycles. The molecule has 2 aliphatic carbocycles. The highest BCUT2D eigenvalue weighted by atomic mass is 28.3. The second-order valence-electron chi connectivity index (χ2n) is 15.4. The Morgan fingerprint density at radius 3 is 1.65 bits per heavy atom. The molecule has 0 spiro atoms. The molecule has 2 aliphatic rings. The second kappa shape index (κ2) is 10.7. The van der Waals surface area contributed by atoms with E-state index >= 15 is 0 Å². The van der Waals surface area contributed by atoms with Crippen LogP contribution in [0.5, 0.6) is 0 Å². The number of hydrogen-bond acceptors (Lipinski definition) is 0. The van der Waals surface area contributed by atoms with Gasteiger partial charge >= 0.3 is 0 Å². The van der Waals surface area contributed by atoms with Gasteiger partial charge in [0, 0.05) is 0 Å². The molecule has 3 heteroatoms. The lowest BCUT2D eigenvalue weighted by Crippen LogP contribution is -2.64. The summed E-state index contributed by atoms with van der Waals surface area (Å²) in [6.45, 7) is 23.1. The smallest absolute Gasteiger partial charge is 0.0784 e. The van der Waals surface area contributed by atoms with E-state index in [9.17, 15) is 0 Å². The summed E-state index contributed by atoms with van der Waals surface area (Å²) in [6, 6.07) is 29.6. The Balaban J connectivity index is 2.07. The number of fused-ring (bicyclic) bond motifs is 2. The van der Waals surface area contributed by atoms with Crippen LogP contribution in [-0.4, -0.2) is 24.2 Å². The first-order valence-electron chi connectivity index (χ1n) is 15.9. The van der Waals surface area contributed by atoms with E-state index in [1.54, 1.807) is 26.0 Å². The molecule has 0 fully saturated rings. The minimum Gasteiger partial charge on any atom is -0.0801 e. The average Bonchev–Trinajstić information content (AvgIpc) is 3.60. The highest BCUT2D eigenvalue weighted by molar-refractivity contribution is 6.98. The maximum atomic E-state index is 2.59. The molecule has 0 bridgehead atoms. The zero-order valence-electron chi connectivity index (χ0n) is 27.5. The molecule has 0 aliphatic heterocycles. The summed E-state index contributed by atoms with van der Waals surface area (Å²) in [5.74, 6) is 0. The summed E-state index contributed by atoms with van der Waals surface area (Å²) in [4.78, 5) is 0. The van der Waals surface area contributed by atoms with E-state index in [0.717, 1.165) is 6.42 Å². The highest BCUT2D eigenvalue weighted by Gasteiger charge is 2.35. The summed E-state index contributed by atoms with van der Waals surface area (Å²) in [5, 5.41) is 11.0. The van der Waals surface area contributed by atoms with Gasteiger partial charge in [-0.1, -0.05) is 172 Å². The molecule has 6 rings (SSSR count). The van der Waals surface area contributed by atoms with E-state index in [-0.39, 0.29) is 0 Å². The van der Waals surface area contributed by atoms with Crippen LogP contribution in [0.4, 0.5) is 0 Å². The Kier molecular flexibility index (Phi) is 7.44. The van der Waals surface area contributed by atoms with Crippen molar-refractivity contribution >= 4 is 57.0 Å². The van der Waals surface area contributed by atoms with Crippen LogP contribution in [0.1, 0.15) is 28.7 Å². The van der Waals surface area contributed by atoms with Gasteiger partial charge in [-0.3, -0.25) is 0 Å². The van der Waals surface area contributed by atoms with Crippen molar-refractivity contribution in [1.82, 2.24) is 0 Å². The van der Waals surface area contributed by atoms with Gasteiger partial charge in [-0.25, -0.2) is 0 Å². The maximum Gasteiger partial charge on any atom is 0.0784 e. The number of allylic oxidation sites excluding steroid dienone is 4. The molecule has 0 nitrogen and oxygen atoms in total. The minimum atomic E-state index is -1.91. The summed E-state index contributed by atoms with van der Waals surface area (Å²) in [5.41, 5.74) is 8.39. The highest BCUT2D eigenvalue weighted by Crippen LogP contribution is 2.30. The predicted octanol–water partition coefficient (Wildman–Crippen LogP) is 7.34. The van der Waals surface area contributed by atoms with Crippen molar-refractivity contribution in [3.05, 3.63) is 140 Å². The summed E-state index contributed by atoms with van der Waals surface area (Å²) in [7, 11) is -5.38. The Hall–Kier alpha value is -3.25. The first-order chi connectivity index (χ1) is 20.3. The zero-order chi connectivity index (χ0) is 30.7. The molecular weight excluding hydrogens is 565 g/mol. The van der Waals surface area contributed by atoms with E-state index in [0.29, 0.717) is 0 Å². The van der Waals surface area contributed by atoms with Gasteiger partial charge in [0.1, 0.15) is 0 Å². The van der Waals surface area contributed by atoms with Crippen LogP contribution < -0.4 is 26.0 Å². The van der Waals surface area contributed by atoms with Gasteiger partial charge in [-0.15, -0.1) is 0 Å². The second-order valence-corrected chi connectivity index (χ2v) is 30.4. The Morgan fingerprint density at radius 2 is 1.16 bits per heavy atom. The number of hydrogen-bond donors (Lipinski definition) is 0. The quantitative estimate of drug-likeness (QED) is 0.177. The molecule has 0 N–H and O–H groups in total. The average molecular weight is 611 g/mol. The fraction of sp³-hybridized carbons (Fsp3) is 0.250. The first-order valence-corrected chi connectivity index (χ1v) is 26.4. The fourth-order valence-corrected chi connectivity index (χ4v) is 14.9. The third-order valence-corrected chi connectivity index (χ3v) is 15.2. The van der Waals surface area contributed by atoms with Crippen molar-refractivity contribution in [2.45, 2.75) is 65.3 Å². The molecule has 0 aromatic heterocycles. The third-order valence-electron chi connectivity index (χ3n) is 8.96. The molecule has 43 heavy (non-hydrogen) atoms. The lowest BCUT2D eigenvalue weighted by Gasteiger charge is -2.33. The standard InChI is InChI=1S/C40H46Si3/c1-41(2,3)33-26-18-25-31-27-32-35(30-23-16-17-24-30)38(34(28-19-12-10-13-20-28)29-21-14-11-15-22-29)40(43(7,8)9)39(42(4,5)6)37(32)36(31)33/h10-23,25-27H,24H2,1-9H3. The van der Waals surface area contributed by atoms with Gasteiger partial charge < -0.3 is 0 Å². The molecule has 4 aromatic rings. The largest absolute Gasteiger partial charge is 0.0801 e. The van der Waals surface area contributed by atoms with Gasteiger partial charge in [0.25, 0.3) is 0 Å². The van der Waals surface area contributed by atoms with Crippen LogP contribution in [0.3, 0.4) is 0 Å². The lowest BCUT2D eigenvalue weighted by atomic mass is 9.88. The Morgan fingerprint density at radius 1 is 0.581 bits per heavy atom. The molecule has 0 unspecified atom stereocenters. The lowest BCUT2D eigenvalue weighted by molar-refractivity contribution is 1.37. The monoisotopic (exact) mass is 610 g/mol. The molecule has 0 atom stereocenters. The molecule has 0 radical (unpaired) electrons. The summed E-state index contributed by atoms with van der Waals surface area (Å²) >= 11 is 0. The molecule has 4 aromatic carbocycles. The van der Waals surface area contributed by atoms with Gasteiger partial charge in [0.15, 0.2) is 0 Å². The molecule has 0 saturated carbocycles. The van der Waals surface area contributed by atoms with Crippen molar-refractivity contribution in [3.8, 4) is 0 Å². The van der Waals surface area contributed by atoms with Crippen molar-refractivity contribution < 1.29 is 0 Å². The van der Waals surface area contributed by atoms with E-state index < -0.39 is 24.2 Å². The first kappa shape index (κ1) is 29.8. The Labute approximate surface area is 261 Å². The minimum absolute atomic E-state index is 0.985. The fourth-order valence-electron chi connectivity index (χ4n) is 7.30. The van der Waals surface area contributed by atoms with Gasteiger partial charge in [-0.2, -0.15) is 0 Å². The van der Waals surface area contributed by atoms with E-state index in [4.69, 9.17) is 0 Å². The van der Waals surface area contributed by atoms with Crippen molar-refractivity contribution in [3.63, 3.8) is 0 Å². The van der Waals surface area contributed by atoms with Crippen LogP contribution in [0.25, 0.3) is 17.2 Å². The predicted molar refractivity (Wildman–Crippen MR) is 199 cm³/mol. The Bertz CT molecular complexity index is 1970.